The fraction of sp³-hybridized carbons (Fsp3) is 0.581. The largest absolute Gasteiger partial charge is 0.369 e. The summed E-state index contributed by atoms with van der Waals surface area (Å²) in [5, 5.41) is 6.07. The average Bonchev–Trinajstić information content (AvgIpc) is 3.72. The summed E-state index contributed by atoms with van der Waals surface area (Å²) in [6.07, 6.45) is 5.88. The summed E-state index contributed by atoms with van der Waals surface area (Å²) in [5.74, 6) is 0.989. The van der Waals surface area contributed by atoms with Gasteiger partial charge in [0, 0.05) is 63.5 Å². The van der Waals surface area contributed by atoms with Crippen LogP contribution in [0.4, 0.5) is 5.13 Å². The molecule has 3 saturated heterocycles. The third-order valence-electron chi connectivity index (χ3n) is 8.57. The van der Waals surface area contributed by atoms with Crippen LogP contribution in [0.5, 0.6) is 0 Å². The van der Waals surface area contributed by atoms with E-state index in [4.69, 9.17) is 25.6 Å². The van der Waals surface area contributed by atoms with Crippen LogP contribution in [0.15, 0.2) is 29.6 Å². The van der Waals surface area contributed by atoms with Gasteiger partial charge in [-0.1, -0.05) is 31.9 Å². The fourth-order valence-electron chi connectivity index (χ4n) is 6.10. The monoisotopic (exact) mass is 595 g/mol. The molecule has 0 radical (unpaired) electrons. The summed E-state index contributed by atoms with van der Waals surface area (Å²) < 4.78 is 17.4. The SMILES string of the molecule is C#C[C@@H]1CN(C(=O)[C@H](CC(C)C)NC(=O)c2ccc(-c3csc(N4CCN(C)CC4)n3)cc2)C2[C@@H]1OCC2(OC)OC. The number of likely N-dealkylation sites (N-methyl/N-ethyl adjacent to an activating group) is 1. The highest BCUT2D eigenvalue weighted by Crippen LogP contribution is 2.41. The first-order valence-corrected chi connectivity index (χ1v) is 15.4. The molecule has 4 atom stereocenters. The Kier molecular flexibility index (Phi) is 9.20. The van der Waals surface area contributed by atoms with Gasteiger partial charge in [0.15, 0.2) is 5.13 Å². The second-order valence-electron chi connectivity index (χ2n) is 11.7. The quantitative estimate of drug-likeness (QED) is 0.349. The smallest absolute Gasteiger partial charge is 0.251 e. The third kappa shape index (κ3) is 5.92. The number of nitrogens with zero attached hydrogens (tertiary/aromatic N) is 4. The molecule has 10 nitrogen and oxygen atoms in total. The number of ether oxygens (including phenoxy) is 3. The predicted molar refractivity (Wildman–Crippen MR) is 162 cm³/mol. The fourth-order valence-corrected chi connectivity index (χ4v) is 6.99. The summed E-state index contributed by atoms with van der Waals surface area (Å²) in [6.45, 7) is 8.50. The molecule has 2 amide bonds. The van der Waals surface area contributed by atoms with Crippen LogP contribution in [0.1, 0.15) is 30.6 Å². The van der Waals surface area contributed by atoms with Gasteiger partial charge in [0.05, 0.1) is 17.7 Å². The van der Waals surface area contributed by atoms with Crippen molar-refractivity contribution in [3.63, 3.8) is 0 Å². The van der Waals surface area contributed by atoms with Crippen molar-refractivity contribution in [3.05, 3.63) is 35.2 Å². The number of fused-ring (bicyclic) bond motifs is 1. The molecule has 0 spiro atoms. The normalized spacial score (nSPS) is 24.5. The number of anilines is 1. The summed E-state index contributed by atoms with van der Waals surface area (Å²) in [4.78, 5) is 38.6. The molecule has 3 aliphatic rings. The lowest BCUT2D eigenvalue weighted by Gasteiger charge is -2.37. The number of piperazine rings is 1. The molecule has 0 aliphatic carbocycles. The maximum Gasteiger partial charge on any atom is 0.251 e. The van der Waals surface area contributed by atoms with Gasteiger partial charge in [-0.05, 0) is 31.5 Å². The summed E-state index contributed by atoms with van der Waals surface area (Å²) in [7, 11) is 5.21. The Morgan fingerprint density at radius 2 is 1.88 bits per heavy atom. The number of terminal acetylenes is 1. The molecule has 3 aliphatic heterocycles. The van der Waals surface area contributed by atoms with E-state index in [0.717, 1.165) is 42.6 Å². The number of thiazole rings is 1. The second kappa shape index (κ2) is 12.7. The van der Waals surface area contributed by atoms with E-state index < -0.39 is 24.0 Å². The number of rotatable bonds is 9. The molecule has 226 valence electrons. The van der Waals surface area contributed by atoms with Crippen molar-refractivity contribution in [1.82, 2.24) is 20.1 Å². The van der Waals surface area contributed by atoms with Gasteiger partial charge >= 0.3 is 0 Å². The number of hydrogen-bond donors (Lipinski definition) is 1. The molecule has 4 heterocycles. The molecule has 2 aromatic rings. The molecule has 1 aromatic heterocycles. The number of hydrogen-bond acceptors (Lipinski definition) is 9. The van der Waals surface area contributed by atoms with Gasteiger partial charge in [-0.25, -0.2) is 4.98 Å². The lowest BCUT2D eigenvalue weighted by atomic mass is 9.98. The molecule has 1 N–H and O–H groups in total. The van der Waals surface area contributed by atoms with Crippen LogP contribution >= 0.6 is 11.3 Å². The zero-order valence-corrected chi connectivity index (χ0v) is 25.9. The minimum atomic E-state index is -1.12. The van der Waals surface area contributed by atoms with Gasteiger partial charge in [0.1, 0.15) is 18.7 Å². The zero-order valence-electron chi connectivity index (χ0n) is 25.0. The maximum absolute atomic E-state index is 14.0. The maximum atomic E-state index is 14.0. The first-order valence-electron chi connectivity index (χ1n) is 14.5. The van der Waals surface area contributed by atoms with E-state index >= 15 is 0 Å². The highest BCUT2D eigenvalue weighted by atomic mass is 32.1. The number of benzene rings is 1. The zero-order chi connectivity index (χ0) is 30.0. The van der Waals surface area contributed by atoms with E-state index in [1.165, 1.54) is 14.2 Å². The Morgan fingerprint density at radius 1 is 1.19 bits per heavy atom. The molecule has 1 aromatic carbocycles. The number of methoxy groups -OCH3 is 2. The Labute approximate surface area is 252 Å². The Morgan fingerprint density at radius 3 is 2.50 bits per heavy atom. The average molecular weight is 596 g/mol. The number of carbonyl (C=O) groups excluding carboxylic acids is 2. The van der Waals surface area contributed by atoms with Crippen molar-refractivity contribution in [2.75, 3.05) is 65.5 Å². The number of amides is 2. The molecule has 5 rings (SSSR count). The van der Waals surface area contributed by atoms with Crippen LogP contribution in [-0.2, 0) is 19.0 Å². The van der Waals surface area contributed by atoms with Gasteiger partial charge in [-0.2, -0.15) is 0 Å². The summed E-state index contributed by atoms with van der Waals surface area (Å²) >= 11 is 1.64. The number of aromatic nitrogens is 1. The van der Waals surface area contributed by atoms with Crippen molar-refractivity contribution in [2.24, 2.45) is 11.8 Å². The third-order valence-corrected chi connectivity index (χ3v) is 9.47. The van der Waals surface area contributed by atoms with E-state index in [0.29, 0.717) is 18.5 Å². The Hall–Kier alpha value is -3.01. The summed E-state index contributed by atoms with van der Waals surface area (Å²) in [6, 6.07) is 6.11. The number of likely N-dealkylation sites (tertiary alicyclic amines) is 1. The van der Waals surface area contributed by atoms with Crippen LogP contribution in [0, 0.1) is 24.2 Å². The summed E-state index contributed by atoms with van der Waals surface area (Å²) in [5.41, 5.74) is 2.31. The van der Waals surface area contributed by atoms with Gasteiger partial charge in [-0.15, -0.1) is 17.8 Å². The van der Waals surface area contributed by atoms with E-state index in [2.05, 4.69) is 33.5 Å². The Balaban J connectivity index is 1.29. The molecule has 1 unspecified atom stereocenters. The van der Waals surface area contributed by atoms with Crippen LogP contribution in [0.2, 0.25) is 0 Å². The first kappa shape index (κ1) is 30.4. The van der Waals surface area contributed by atoms with Crippen LogP contribution < -0.4 is 10.2 Å². The highest BCUT2D eigenvalue weighted by Gasteiger charge is 2.61. The van der Waals surface area contributed by atoms with Crippen molar-refractivity contribution in [3.8, 4) is 23.6 Å². The van der Waals surface area contributed by atoms with Crippen LogP contribution in [0.3, 0.4) is 0 Å². The van der Waals surface area contributed by atoms with E-state index in [-0.39, 0.29) is 30.3 Å². The minimum absolute atomic E-state index is 0.164. The van der Waals surface area contributed by atoms with Gasteiger partial charge < -0.3 is 34.2 Å². The van der Waals surface area contributed by atoms with Gasteiger partial charge in [0.2, 0.25) is 11.7 Å². The first-order chi connectivity index (χ1) is 20.2. The predicted octanol–water partition coefficient (Wildman–Crippen LogP) is 2.55. The van der Waals surface area contributed by atoms with Gasteiger partial charge in [-0.3, -0.25) is 9.59 Å². The minimum Gasteiger partial charge on any atom is -0.369 e. The van der Waals surface area contributed by atoms with E-state index in [9.17, 15) is 9.59 Å². The molecule has 42 heavy (non-hydrogen) atoms. The molecule has 11 heteroatoms. The second-order valence-corrected chi connectivity index (χ2v) is 12.6. The highest BCUT2D eigenvalue weighted by molar-refractivity contribution is 7.14. The van der Waals surface area contributed by atoms with Gasteiger partial charge in [0.25, 0.3) is 5.91 Å². The van der Waals surface area contributed by atoms with Crippen LogP contribution in [0.25, 0.3) is 11.3 Å². The molecule has 0 saturated carbocycles. The molecule has 3 fully saturated rings. The lowest BCUT2D eigenvalue weighted by Crippen LogP contribution is -2.58. The van der Waals surface area contributed by atoms with Crippen molar-refractivity contribution >= 4 is 28.3 Å². The van der Waals surface area contributed by atoms with E-state index in [1.54, 1.807) is 28.4 Å². The topological polar surface area (TPSA) is 96.5 Å². The standard InChI is InChI=1S/C31H41N5O5S/c1-7-21-17-36(27-26(21)41-19-31(27,39-5)40-6)29(38)24(16-20(2)3)32-28(37)23-10-8-22(9-11-23)25-18-42-30(33-25)35-14-12-34(4)13-15-35/h1,8-11,18,20-21,24,26-27H,12-17,19H2,2-6H3,(H,32,37)/t21-,24+,26-,27?/m1/s1. The number of nitrogens with one attached hydrogen (secondary N) is 1. The molecule has 0 bridgehead atoms. The Bertz CT molecular complexity index is 1300. The lowest BCUT2D eigenvalue weighted by molar-refractivity contribution is -0.227. The van der Waals surface area contributed by atoms with Crippen molar-refractivity contribution in [1.29, 1.82) is 0 Å². The van der Waals surface area contributed by atoms with Crippen molar-refractivity contribution in [2.45, 2.75) is 44.2 Å². The van der Waals surface area contributed by atoms with Crippen molar-refractivity contribution < 1.29 is 23.8 Å². The number of carbonyl (C=O) groups is 2. The van der Waals surface area contributed by atoms with E-state index in [1.807, 2.05) is 26.0 Å². The molecular formula is C31H41N5O5S. The van der Waals surface area contributed by atoms with Crippen LogP contribution in [-0.4, -0.2) is 111 Å². The molecular weight excluding hydrogens is 554 g/mol.